The number of nitrogens with zero attached hydrogens (tertiary/aromatic N) is 3. The Morgan fingerprint density at radius 1 is 1.27 bits per heavy atom. The summed E-state index contributed by atoms with van der Waals surface area (Å²) in [6.07, 6.45) is 2.33. The van der Waals surface area contributed by atoms with Gasteiger partial charge in [-0.2, -0.15) is 0 Å². The lowest BCUT2D eigenvalue weighted by Gasteiger charge is -2.24. The number of nitrogens with one attached hydrogen (secondary N) is 1. The average molecular weight is 364 g/mol. The molecule has 8 nitrogen and oxygen atoms in total. The molecular weight excluding hydrogens is 336 g/mol. The van der Waals surface area contributed by atoms with Crippen molar-refractivity contribution in [2.45, 2.75) is 19.4 Å². The van der Waals surface area contributed by atoms with Crippen molar-refractivity contribution in [2.75, 3.05) is 53.6 Å². The van der Waals surface area contributed by atoms with Gasteiger partial charge in [0.2, 0.25) is 0 Å². The Morgan fingerprint density at radius 3 is 2.54 bits per heavy atom. The zero-order valence-corrected chi connectivity index (χ0v) is 15.7. The van der Waals surface area contributed by atoms with Crippen molar-refractivity contribution in [2.24, 2.45) is 0 Å². The fourth-order valence-electron chi connectivity index (χ4n) is 2.82. The number of likely N-dealkylation sites (tertiary alicyclic amines) is 1. The first kappa shape index (κ1) is 20.1. The Bertz CT molecular complexity index is 585. The van der Waals surface area contributed by atoms with E-state index in [4.69, 9.17) is 9.47 Å². The van der Waals surface area contributed by atoms with Crippen molar-refractivity contribution in [1.29, 1.82) is 0 Å². The van der Waals surface area contributed by atoms with E-state index in [1.165, 1.54) is 0 Å². The van der Waals surface area contributed by atoms with Gasteiger partial charge in [0.1, 0.15) is 0 Å². The van der Waals surface area contributed by atoms with E-state index in [1.807, 2.05) is 13.0 Å². The molecule has 1 aliphatic heterocycles. The summed E-state index contributed by atoms with van der Waals surface area (Å²) < 4.78 is 10.1. The van der Waals surface area contributed by atoms with Crippen LogP contribution in [0.5, 0.6) is 0 Å². The van der Waals surface area contributed by atoms with E-state index in [2.05, 4.69) is 10.3 Å². The second kappa shape index (κ2) is 10.1. The molecule has 1 atom stereocenters. The van der Waals surface area contributed by atoms with Crippen LogP contribution in [0.25, 0.3) is 0 Å². The number of aryl methyl sites for hydroxylation is 1. The van der Waals surface area contributed by atoms with Crippen molar-refractivity contribution in [3.63, 3.8) is 0 Å². The van der Waals surface area contributed by atoms with Crippen LogP contribution in [0.2, 0.25) is 0 Å². The molecule has 0 saturated carbocycles. The molecule has 0 aliphatic carbocycles. The molecule has 26 heavy (non-hydrogen) atoms. The Hall–Kier alpha value is -2.19. The second-order valence-corrected chi connectivity index (χ2v) is 6.35. The van der Waals surface area contributed by atoms with Crippen LogP contribution in [0.4, 0.5) is 4.79 Å². The normalized spacial score (nSPS) is 16.6. The minimum atomic E-state index is -0.157. The van der Waals surface area contributed by atoms with Crippen molar-refractivity contribution in [3.05, 3.63) is 29.6 Å². The van der Waals surface area contributed by atoms with Gasteiger partial charge in [-0.3, -0.25) is 9.78 Å². The van der Waals surface area contributed by atoms with Gasteiger partial charge in [0.05, 0.1) is 18.8 Å². The Morgan fingerprint density at radius 2 is 1.96 bits per heavy atom. The van der Waals surface area contributed by atoms with Gasteiger partial charge in [-0.25, -0.2) is 4.79 Å². The van der Waals surface area contributed by atoms with E-state index < -0.39 is 0 Å². The number of carbonyl (C=O) groups excluding carboxylic acids is 2. The zero-order valence-electron chi connectivity index (χ0n) is 15.7. The van der Waals surface area contributed by atoms with Gasteiger partial charge in [-0.15, -0.1) is 0 Å². The Balaban J connectivity index is 1.87. The van der Waals surface area contributed by atoms with Crippen LogP contribution in [0.15, 0.2) is 18.3 Å². The number of urea groups is 1. The first-order chi connectivity index (χ1) is 12.5. The summed E-state index contributed by atoms with van der Waals surface area (Å²) in [5.41, 5.74) is 1.45. The summed E-state index contributed by atoms with van der Waals surface area (Å²) in [6.45, 7) is 4.93. The molecule has 1 aromatic rings. The van der Waals surface area contributed by atoms with Gasteiger partial charge in [-0.05, 0) is 25.5 Å². The predicted octanol–water partition coefficient (Wildman–Crippen LogP) is 0.909. The molecular formula is C18H28N4O4. The van der Waals surface area contributed by atoms with Crippen LogP contribution >= 0.6 is 0 Å². The monoisotopic (exact) mass is 364 g/mol. The van der Waals surface area contributed by atoms with Crippen LogP contribution in [0.1, 0.15) is 22.5 Å². The minimum Gasteiger partial charge on any atom is -0.383 e. The van der Waals surface area contributed by atoms with Crippen molar-refractivity contribution in [1.82, 2.24) is 20.1 Å². The van der Waals surface area contributed by atoms with Gasteiger partial charge in [0.25, 0.3) is 5.91 Å². The average Bonchev–Trinajstić information content (AvgIpc) is 3.10. The highest BCUT2D eigenvalue weighted by molar-refractivity contribution is 5.94. The number of pyridine rings is 1. The molecule has 0 spiro atoms. The quantitative estimate of drug-likeness (QED) is 0.741. The third kappa shape index (κ3) is 5.67. The lowest BCUT2D eigenvalue weighted by atomic mass is 10.2. The number of rotatable bonds is 8. The molecule has 1 aromatic heterocycles. The maximum atomic E-state index is 12.5. The van der Waals surface area contributed by atoms with Crippen LogP contribution in [0.3, 0.4) is 0 Å². The number of carbonyl (C=O) groups is 2. The largest absolute Gasteiger partial charge is 0.383 e. The first-order valence-corrected chi connectivity index (χ1v) is 8.80. The molecule has 1 aliphatic rings. The SMILES string of the molecule is COCCN(CCOC)C(=O)NC1CCN(C(=O)c2ccc(C)nc2)C1. The van der Waals surface area contributed by atoms with Crippen molar-refractivity contribution >= 4 is 11.9 Å². The number of amides is 3. The number of aromatic nitrogens is 1. The molecule has 0 aromatic carbocycles. The summed E-state index contributed by atoms with van der Waals surface area (Å²) in [4.78, 5) is 32.6. The first-order valence-electron chi connectivity index (χ1n) is 8.80. The molecule has 1 saturated heterocycles. The van der Waals surface area contributed by atoms with E-state index in [0.29, 0.717) is 45.0 Å². The summed E-state index contributed by atoms with van der Waals surface area (Å²) in [7, 11) is 3.21. The van der Waals surface area contributed by atoms with E-state index in [1.54, 1.807) is 36.3 Å². The molecule has 1 fully saturated rings. The predicted molar refractivity (Wildman–Crippen MR) is 97.1 cm³/mol. The molecule has 1 N–H and O–H groups in total. The fourth-order valence-corrected chi connectivity index (χ4v) is 2.82. The highest BCUT2D eigenvalue weighted by atomic mass is 16.5. The van der Waals surface area contributed by atoms with Crippen molar-refractivity contribution in [3.8, 4) is 0 Å². The third-order valence-electron chi connectivity index (χ3n) is 4.38. The number of hydrogen-bond donors (Lipinski definition) is 1. The van der Waals surface area contributed by atoms with Crippen molar-refractivity contribution < 1.29 is 19.1 Å². The Labute approximate surface area is 154 Å². The molecule has 8 heteroatoms. The smallest absolute Gasteiger partial charge is 0.317 e. The molecule has 144 valence electrons. The van der Waals surface area contributed by atoms with Gasteiger partial charge >= 0.3 is 6.03 Å². The molecule has 2 rings (SSSR count). The molecule has 1 unspecified atom stereocenters. The molecule has 0 bridgehead atoms. The number of methoxy groups -OCH3 is 2. The van der Waals surface area contributed by atoms with E-state index in [9.17, 15) is 9.59 Å². The van der Waals surface area contributed by atoms with Gasteiger partial charge in [0.15, 0.2) is 0 Å². The maximum absolute atomic E-state index is 12.5. The minimum absolute atomic E-state index is 0.0510. The van der Waals surface area contributed by atoms with Gasteiger partial charge < -0.3 is 24.6 Å². The molecule has 2 heterocycles. The molecule has 0 radical (unpaired) electrons. The standard InChI is InChI=1S/C18H28N4O4/c1-14-4-5-15(12-19-14)17(23)22-7-6-16(13-22)20-18(24)21(8-10-25-2)9-11-26-3/h4-5,12,16H,6-11,13H2,1-3H3,(H,20,24). The molecule has 3 amide bonds. The van der Waals surface area contributed by atoms with E-state index in [-0.39, 0.29) is 18.0 Å². The third-order valence-corrected chi connectivity index (χ3v) is 4.38. The van der Waals surface area contributed by atoms with Crippen LogP contribution in [-0.2, 0) is 9.47 Å². The fraction of sp³-hybridized carbons (Fsp3) is 0.611. The van der Waals surface area contributed by atoms with Crippen LogP contribution in [-0.4, -0.2) is 86.4 Å². The van der Waals surface area contributed by atoms with E-state index >= 15 is 0 Å². The van der Waals surface area contributed by atoms with Gasteiger partial charge in [-0.1, -0.05) is 0 Å². The summed E-state index contributed by atoms with van der Waals surface area (Å²) in [5, 5.41) is 3.01. The second-order valence-electron chi connectivity index (χ2n) is 6.35. The lowest BCUT2D eigenvalue weighted by Crippen LogP contribution is -2.48. The summed E-state index contributed by atoms with van der Waals surface area (Å²) in [5.74, 6) is -0.0510. The Kier molecular flexibility index (Phi) is 7.80. The highest BCUT2D eigenvalue weighted by Gasteiger charge is 2.29. The van der Waals surface area contributed by atoms with Crippen LogP contribution < -0.4 is 5.32 Å². The summed E-state index contributed by atoms with van der Waals surface area (Å²) >= 11 is 0. The lowest BCUT2D eigenvalue weighted by molar-refractivity contribution is 0.0788. The topological polar surface area (TPSA) is 84.0 Å². The van der Waals surface area contributed by atoms with E-state index in [0.717, 1.165) is 12.1 Å². The summed E-state index contributed by atoms with van der Waals surface area (Å²) in [6, 6.07) is 3.40. The zero-order chi connectivity index (χ0) is 18.9. The number of hydrogen-bond acceptors (Lipinski definition) is 5. The number of ether oxygens (including phenoxy) is 2. The maximum Gasteiger partial charge on any atom is 0.317 e. The van der Waals surface area contributed by atoms with Crippen LogP contribution in [0, 0.1) is 6.92 Å². The van der Waals surface area contributed by atoms with Gasteiger partial charge in [0, 0.05) is 58.3 Å². The highest BCUT2D eigenvalue weighted by Crippen LogP contribution is 2.14.